The molecular weight excluding hydrogens is 228 g/mol. The second-order valence-electron chi connectivity index (χ2n) is 6.66. The monoisotopic (exact) mass is 250 g/mol. The summed E-state index contributed by atoms with van der Waals surface area (Å²) in [5, 5.41) is 8.92. The third-order valence-corrected chi connectivity index (χ3v) is 5.56. The van der Waals surface area contributed by atoms with Gasteiger partial charge in [-0.05, 0) is 62.7 Å². The van der Waals surface area contributed by atoms with E-state index in [1.807, 2.05) is 0 Å². The van der Waals surface area contributed by atoms with Gasteiger partial charge in [0.15, 0.2) is 0 Å². The second-order valence-corrected chi connectivity index (χ2v) is 6.66. The van der Waals surface area contributed by atoms with Crippen molar-refractivity contribution in [2.24, 2.45) is 23.7 Å². The zero-order chi connectivity index (χ0) is 12.9. The average Bonchev–Trinajstić information content (AvgIpc) is 2.33. The van der Waals surface area contributed by atoms with Crippen LogP contribution in [0.2, 0.25) is 0 Å². The van der Waals surface area contributed by atoms with Crippen molar-refractivity contribution in [3.63, 3.8) is 0 Å². The Bertz CT molecular complexity index is 385. The summed E-state index contributed by atoms with van der Waals surface area (Å²) in [6.45, 7) is 3.85. The fourth-order valence-corrected chi connectivity index (χ4v) is 4.71. The number of aliphatic hydroxyl groups excluding tert-OH is 1. The molecule has 3 heteroatoms. The van der Waals surface area contributed by atoms with Crippen LogP contribution in [0.5, 0.6) is 0 Å². The molecule has 4 aliphatic rings. The first kappa shape index (κ1) is 12.1. The van der Waals surface area contributed by atoms with Gasteiger partial charge in [0.25, 0.3) is 0 Å². The predicted octanol–water partition coefficient (Wildman–Crippen LogP) is 3.21. The summed E-state index contributed by atoms with van der Waals surface area (Å²) in [4.78, 5) is 12.0. The number of rotatable bonds is 2. The lowest BCUT2D eigenvalue weighted by Gasteiger charge is -2.59. The van der Waals surface area contributed by atoms with Gasteiger partial charge in [-0.2, -0.15) is 0 Å². The summed E-state index contributed by atoms with van der Waals surface area (Å²) in [6.07, 6.45) is 6.90. The molecule has 18 heavy (non-hydrogen) atoms. The number of hydrogen-bond acceptors (Lipinski definition) is 3. The predicted molar refractivity (Wildman–Crippen MR) is 67.9 cm³/mol. The maximum atomic E-state index is 12.0. The van der Waals surface area contributed by atoms with Gasteiger partial charge >= 0.3 is 5.97 Å². The number of esters is 1. The smallest absolute Gasteiger partial charge is 0.337 e. The molecule has 1 N–H and O–H groups in total. The molecule has 4 rings (SSSR count). The van der Waals surface area contributed by atoms with Crippen LogP contribution in [0.15, 0.2) is 11.8 Å². The Morgan fingerprint density at radius 1 is 1.28 bits per heavy atom. The van der Waals surface area contributed by atoms with Crippen LogP contribution in [0.1, 0.15) is 46.0 Å². The molecule has 4 bridgehead atoms. The topological polar surface area (TPSA) is 46.5 Å². The molecule has 0 heterocycles. The first-order valence-corrected chi connectivity index (χ1v) is 7.08. The molecule has 100 valence electrons. The van der Waals surface area contributed by atoms with Crippen molar-refractivity contribution >= 4 is 5.97 Å². The minimum absolute atomic E-state index is 0.240. The summed E-state index contributed by atoms with van der Waals surface area (Å²) in [6, 6.07) is 0. The Kier molecular flexibility index (Phi) is 2.68. The number of aliphatic hydroxyl groups is 1. The van der Waals surface area contributed by atoms with Crippen LogP contribution in [0.25, 0.3) is 0 Å². The number of hydrogen-bond donors (Lipinski definition) is 1. The van der Waals surface area contributed by atoms with Gasteiger partial charge < -0.3 is 9.84 Å². The molecule has 0 saturated heterocycles. The van der Waals surface area contributed by atoms with Gasteiger partial charge in [0.1, 0.15) is 5.60 Å². The van der Waals surface area contributed by atoms with Crippen molar-refractivity contribution in [1.82, 2.24) is 0 Å². The van der Waals surface area contributed by atoms with E-state index in [0.717, 1.165) is 36.9 Å². The first-order chi connectivity index (χ1) is 8.54. The highest BCUT2D eigenvalue weighted by atomic mass is 16.6. The average molecular weight is 250 g/mol. The van der Waals surface area contributed by atoms with E-state index in [0.29, 0.717) is 11.5 Å². The molecule has 0 aromatic rings. The van der Waals surface area contributed by atoms with E-state index in [2.05, 4.69) is 6.92 Å². The van der Waals surface area contributed by atoms with Gasteiger partial charge in [0.2, 0.25) is 0 Å². The normalized spacial score (nSPS) is 46.2. The minimum Gasteiger partial charge on any atom is -0.515 e. The van der Waals surface area contributed by atoms with Crippen LogP contribution in [0, 0.1) is 23.7 Å². The molecule has 0 aromatic heterocycles. The molecule has 4 fully saturated rings. The van der Waals surface area contributed by atoms with Crippen LogP contribution in [-0.2, 0) is 9.53 Å². The Morgan fingerprint density at radius 3 is 2.44 bits per heavy atom. The van der Waals surface area contributed by atoms with Gasteiger partial charge in [-0.1, -0.05) is 6.92 Å². The lowest BCUT2D eigenvalue weighted by molar-refractivity contribution is -0.201. The van der Waals surface area contributed by atoms with E-state index in [-0.39, 0.29) is 11.6 Å². The lowest BCUT2D eigenvalue weighted by Crippen LogP contribution is -2.58. The fraction of sp³-hybridized carbons (Fsp3) is 0.800. The Hall–Kier alpha value is -0.990. The zero-order valence-electron chi connectivity index (χ0n) is 11.2. The fourth-order valence-electron chi connectivity index (χ4n) is 4.71. The number of carbonyl (C=O) groups excluding carboxylic acids is 1. The standard InChI is InChI=1S/C15H22O3/c1-9(8-16)14(17)18-15-6-11-3-12(7-15)5-13(4-11)10(15)2/h8,10-13,16H,3-7H2,1-2H3. The molecule has 0 spiro atoms. The van der Waals surface area contributed by atoms with E-state index in [4.69, 9.17) is 9.84 Å². The second kappa shape index (κ2) is 4.01. The van der Waals surface area contributed by atoms with Gasteiger partial charge in [-0.15, -0.1) is 0 Å². The highest BCUT2D eigenvalue weighted by Gasteiger charge is 2.57. The third-order valence-electron chi connectivity index (χ3n) is 5.56. The molecule has 4 aliphatic carbocycles. The quantitative estimate of drug-likeness (QED) is 0.465. The Balaban J connectivity index is 1.83. The van der Waals surface area contributed by atoms with E-state index in [9.17, 15) is 4.79 Å². The van der Waals surface area contributed by atoms with Gasteiger partial charge in [0.05, 0.1) is 11.8 Å². The van der Waals surface area contributed by atoms with Crippen molar-refractivity contribution in [3.05, 3.63) is 11.8 Å². The first-order valence-electron chi connectivity index (χ1n) is 7.08. The number of ether oxygens (including phenoxy) is 1. The molecule has 3 unspecified atom stereocenters. The van der Waals surface area contributed by atoms with Crippen molar-refractivity contribution in [2.75, 3.05) is 0 Å². The van der Waals surface area contributed by atoms with E-state index >= 15 is 0 Å². The van der Waals surface area contributed by atoms with E-state index in [1.165, 1.54) is 19.3 Å². The summed E-state index contributed by atoms with van der Waals surface area (Å²) in [7, 11) is 0. The van der Waals surface area contributed by atoms with Crippen LogP contribution in [0.4, 0.5) is 0 Å². The molecule has 0 aromatic carbocycles. The summed E-state index contributed by atoms with van der Waals surface area (Å²) in [5.41, 5.74) is 0.0637. The lowest BCUT2D eigenvalue weighted by atomic mass is 9.50. The summed E-state index contributed by atoms with van der Waals surface area (Å²) < 4.78 is 5.85. The molecule has 3 nitrogen and oxygen atoms in total. The molecular formula is C15H22O3. The highest BCUT2D eigenvalue weighted by Crippen LogP contribution is 2.59. The molecule has 0 amide bonds. The zero-order valence-corrected chi connectivity index (χ0v) is 11.2. The minimum atomic E-state index is -0.341. The maximum Gasteiger partial charge on any atom is 0.337 e. The van der Waals surface area contributed by atoms with Crippen molar-refractivity contribution in [2.45, 2.75) is 51.6 Å². The third kappa shape index (κ3) is 1.67. The SMILES string of the molecule is CC(=CO)C(=O)OC12CC3CC(CC(C3)C1C)C2. The van der Waals surface area contributed by atoms with Gasteiger partial charge in [0, 0.05) is 0 Å². The summed E-state index contributed by atoms with van der Waals surface area (Å²) in [5.74, 6) is 2.38. The van der Waals surface area contributed by atoms with Crippen molar-refractivity contribution < 1.29 is 14.6 Å². The molecule has 4 saturated carbocycles. The highest BCUT2D eigenvalue weighted by molar-refractivity contribution is 5.87. The van der Waals surface area contributed by atoms with Crippen LogP contribution in [0.3, 0.4) is 0 Å². The molecule has 0 radical (unpaired) electrons. The van der Waals surface area contributed by atoms with Gasteiger partial charge in [-0.3, -0.25) is 0 Å². The van der Waals surface area contributed by atoms with Crippen LogP contribution in [-0.4, -0.2) is 16.7 Å². The van der Waals surface area contributed by atoms with Crippen LogP contribution < -0.4 is 0 Å². The summed E-state index contributed by atoms with van der Waals surface area (Å²) >= 11 is 0. The van der Waals surface area contributed by atoms with Crippen molar-refractivity contribution in [1.29, 1.82) is 0 Å². The van der Waals surface area contributed by atoms with Crippen molar-refractivity contribution in [3.8, 4) is 0 Å². The number of carbonyl (C=O) groups is 1. The maximum absolute atomic E-state index is 12.0. The van der Waals surface area contributed by atoms with Crippen LogP contribution >= 0.6 is 0 Å². The largest absolute Gasteiger partial charge is 0.515 e. The van der Waals surface area contributed by atoms with E-state index < -0.39 is 0 Å². The molecule has 0 aliphatic heterocycles. The molecule has 3 atom stereocenters. The Labute approximate surface area is 108 Å². The van der Waals surface area contributed by atoms with E-state index in [1.54, 1.807) is 6.92 Å². The van der Waals surface area contributed by atoms with Gasteiger partial charge in [-0.25, -0.2) is 4.79 Å². The Morgan fingerprint density at radius 2 is 1.89 bits per heavy atom.